The summed E-state index contributed by atoms with van der Waals surface area (Å²) in [5.74, 6) is 0.369. The average molecular weight is 208 g/mol. The Morgan fingerprint density at radius 3 is 2.53 bits per heavy atom. The van der Waals surface area contributed by atoms with Crippen LogP contribution in [0.1, 0.15) is 19.4 Å². The van der Waals surface area contributed by atoms with Crippen LogP contribution in [0, 0.1) is 12.8 Å². The first-order valence-corrected chi connectivity index (χ1v) is 5.28. The maximum absolute atomic E-state index is 9.24. The van der Waals surface area contributed by atoms with Crippen LogP contribution in [0.5, 0.6) is 0 Å². The number of hydrogen-bond acceptors (Lipinski definition) is 3. The lowest BCUT2D eigenvalue weighted by Crippen LogP contribution is -2.30. The second kappa shape index (κ2) is 5.03. The van der Waals surface area contributed by atoms with E-state index < -0.39 is 0 Å². The average Bonchev–Trinajstić information content (AvgIpc) is 2.17. The van der Waals surface area contributed by atoms with Crippen LogP contribution in [0.4, 0.5) is 11.4 Å². The molecule has 15 heavy (non-hydrogen) atoms. The number of para-hydroxylation sites is 1. The zero-order valence-corrected chi connectivity index (χ0v) is 9.62. The molecule has 1 atom stereocenters. The third kappa shape index (κ3) is 2.86. The number of benzene rings is 1. The molecule has 0 radical (unpaired) electrons. The minimum atomic E-state index is 0.0494. The molecule has 4 N–H and O–H groups in total. The fourth-order valence-corrected chi connectivity index (χ4v) is 1.50. The van der Waals surface area contributed by atoms with Crippen molar-refractivity contribution in [3.05, 3.63) is 23.8 Å². The zero-order chi connectivity index (χ0) is 11.4. The van der Waals surface area contributed by atoms with Crippen LogP contribution in [-0.2, 0) is 0 Å². The molecule has 0 fully saturated rings. The summed E-state index contributed by atoms with van der Waals surface area (Å²) in [5, 5.41) is 12.5. The quantitative estimate of drug-likeness (QED) is 0.663. The molecular weight excluding hydrogens is 188 g/mol. The van der Waals surface area contributed by atoms with Gasteiger partial charge in [-0.2, -0.15) is 0 Å². The van der Waals surface area contributed by atoms with Gasteiger partial charge in [0.1, 0.15) is 0 Å². The summed E-state index contributed by atoms with van der Waals surface area (Å²) < 4.78 is 0. The smallest absolute Gasteiger partial charge is 0.0635 e. The van der Waals surface area contributed by atoms with Crippen LogP contribution in [-0.4, -0.2) is 17.8 Å². The number of rotatable bonds is 4. The first-order chi connectivity index (χ1) is 7.06. The van der Waals surface area contributed by atoms with E-state index in [1.54, 1.807) is 0 Å². The summed E-state index contributed by atoms with van der Waals surface area (Å²) in [4.78, 5) is 0. The van der Waals surface area contributed by atoms with E-state index in [1.165, 1.54) is 0 Å². The highest BCUT2D eigenvalue weighted by Crippen LogP contribution is 2.24. The maximum atomic E-state index is 9.24. The summed E-state index contributed by atoms with van der Waals surface area (Å²) in [6, 6.07) is 5.85. The van der Waals surface area contributed by atoms with E-state index in [0.29, 0.717) is 5.92 Å². The van der Waals surface area contributed by atoms with Gasteiger partial charge in [-0.1, -0.05) is 26.0 Å². The summed E-state index contributed by atoms with van der Waals surface area (Å²) in [7, 11) is 0. The molecule has 1 aromatic carbocycles. The highest BCUT2D eigenvalue weighted by atomic mass is 16.3. The molecule has 0 bridgehead atoms. The van der Waals surface area contributed by atoms with E-state index >= 15 is 0 Å². The Morgan fingerprint density at radius 1 is 1.40 bits per heavy atom. The van der Waals surface area contributed by atoms with E-state index in [-0.39, 0.29) is 12.6 Å². The van der Waals surface area contributed by atoms with Crippen LogP contribution in [0.25, 0.3) is 0 Å². The summed E-state index contributed by atoms with van der Waals surface area (Å²) >= 11 is 0. The number of anilines is 2. The molecule has 0 heterocycles. The molecule has 0 saturated heterocycles. The van der Waals surface area contributed by atoms with E-state index in [2.05, 4.69) is 19.2 Å². The Kier molecular flexibility index (Phi) is 3.97. The Balaban J connectivity index is 2.87. The summed E-state index contributed by atoms with van der Waals surface area (Å²) in [5.41, 5.74) is 8.65. The first-order valence-electron chi connectivity index (χ1n) is 5.28. The van der Waals surface area contributed by atoms with Gasteiger partial charge in [0.15, 0.2) is 0 Å². The Morgan fingerprint density at radius 2 is 2.07 bits per heavy atom. The third-order valence-corrected chi connectivity index (χ3v) is 2.64. The van der Waals surface area contributed by atoms with Crippen molar-refractivity contribution in [1.82, 2.24) is 0 Å². The number of hydrogen-bond donors (Lipinski definition) is 3. The first kappa shape index (κ1) is 11.9. The molecule has 0 aliphatic carbocycles. The highest BCUT2D eigenvalue weighted by Gasteiger charge is 2.13. The van der Waals surface area contributed by atoms with Crippen LogP contribution >= 0.6 is 0 Å². The van der Waals surface area contributed by atoms with Gasteiger partial charge in [0.25, 0.3) is 0 Å². The topological polar surface area (TPSA) is 58.3 Å². The summed E-state index contributed by atoms with van der Waals surface area (Å²) in [6.45, 7) is 6.27. The van der Waals surface area contributed by atoms with Crippen molar-refractivity contribution in [3.63, 3.8) is 0 Å². The number of nitrogens with two attached hydrogens (primary N) is 1. The lowest BCUT2D eigenvalue weighted by atomic mass is 10.0. The Bertz CT molecular complexity index is 303. The van der Waals surface area contributed by atoms with Gasteiger partial charge >= 0.3 is 0 Å². The van der Waals surface area contributed by atoms with Crippen molar-refractivity contribution in [2.75, 3.05) is 17.7 Å². The van der Waals surface area contributed by atoms with Gasteiger partial charge in [-0.3, -0.25) is 0 Å². The molecule has 84 valence electrons. The number of nitrogens with one attached hydrogen (secondary N) is 1. The minimum Gasteiger partial charge on any atom is -0.397 e. The van der Waals surface area contributed by atoms with Crippen LogP contribution in [0.2, 0.25) is 0 Å². The Labute approximate surface area is 91.3 Å². The molecule has 0 aromatic heterocycles. The molecule has 0 unspecified atom stereocenters. The fraction of sp³-hybridized carbons (Fsp3) is 0.500. The van der Waals surface area contributed by atoms with Gasteiger partial charge < -0.3 is 16.2 Å². The molecular formula is C12H20N2O. The number of aliphatic hydroxyl groups is 1. The molecule has 0 saturated carbocycles. The lowest BCUT2D eigenvalue weighted by Gasteiger charge is -2.23. The van der Waals surface area contributed by atoms with Gasteiger partial charge in [-0.15, -0.1) is 0 Å². The zero-order valence-electron chi connectivity index (χ0n) is 9.62. The molecule has 0 spiro atoms. The molecule has 0 aliphatic rings. The van der Waals surface area contributed by atoms with Crippen molar-refractivity contribution in [2.45, 2.75) is 26.8 Å². The second-order valence-electron chi connectivity index (χ2n) is 4.22. The van der Waals surface area contributed by atoms with E-state index in [9.17, 15) is 5.11 Å². The predicted molar refractivity (Wildman–Crippen MR) is 64.9 cm³/mol. The molecule has 1 aromatic rings. The predicted octanol–water partition coefficient (Wildman–Crippen LogP) is 2.01. The van der Waals surface area contributed by atoms with Gasteiger partial charge in [-0.25, -0.2) is 0 Å². The highest BCUT2D eigenvalue weighted by molar-refractivity contribution is 5.70. The second-order valence-corrected chi connectivity index (χ2v) is 4.22. The third-order valence-electron chi connectivity index (χ3n) is 2.64. The van der Waals surface area contributed by atoms with Crippen molar-refractivity contribution in [2.24, 2.45) is 5.92 Å². The number of aliphatic hydroxyl groups excluding tert-OH is 1. The minimum absolute atomic E-state index is 0.0494. The molecule has 1 rings (SSSR count). The van der Waals surface area contributed by atoms with Crippen LogP contribution < -0.4 is 11.1 Å². The van der Waals surface area contributed by atoms with E-state index in [0.717, 1.165) is 16.9 Å². The van der Waals surface area contributed by atoms with E-state index in [1.807, 2.05) is 25.1 Å². The number of aryl methyl sites for hydroxylation is 1. The SMILES string of the molecule is Cc1cccc(N)c1N[C@H](CO)C(C)C. The van der Waals surface area contributed by atoms with Gasteiger partial charge in [0.2, 0.25) is 0 Å². The number of nitrogen functional groups attached to an aromatic ring is 1. The largest absolute Gasteiger partial charge is 0.397 e. The molecule has 3 heteroatoms. The monoisotopic (exact) mass is 208 g/mol. The Hall–Kier alpha value is -1.22. The van der Waals surface area contributed by atoms with Gasteiger partial charge in [0, 0.05) is 0 Å². The normalized spacial score (nSPS) is 12.9. The van der Waals surface area contributed by atoms with Crippen LogP contribution in [0.3, 0.4) is 0 Å². The lowest BCUT2D eigenvalue weighted by molar-refractivity contribution is 0.249. The summed E-state index contributed by atoms with van der Waals surface area (Å²) in [6.07, 6.45) is 0. The van der Waals surface area contributed by atoms with Crippen molar-refractivity contribution in [1.29, 1.82) is 0 Å². The van der Waals surface area contributed by atoms with Crippen molar-refractivity contribution in [3.8, 4) is 0 Å². The van der Waals surface area contributed by atoms with Gasteiger partial charge in [-0.05, 0) is 24.5 Å². The van der Waals surface area contributed by atoms with Crippen molar-refractivity contribution < 1.29 is 5.11 Å². The van der Waals surface area contributed by atoms with Crippen LogP contribution in [0.15, 0.2) is 18.2 Å². The molecule has 0 aliphatic heterocycles. The fourth-order valence-electron chi connectivity index (χ4n) is 1.50. The molecule has 3 nitrogen and oxygen atoms in total. The van der Waals surface area contributed by atoms with E-state index in [4.69, 9.17) is 5.73 Å². The van der Waals surface area contributed by atoms with Crippen molar-refractivity contribution >= 4 is 11.4 Å². The molecule has 0 amide bonds. The van der Waals surface area contributed by atoms with Gasteiger partial charge in [0.05, 0.1) is 24.0 Å². The standard InChI is InChI=1S/C12H20N2O/c1-8(2)11(7-15)14-12-9(3)5-4-6-10(12)13/h4-6,8,11,14-15H,7,13H2,1-3H3/t11-/m1/s1. The maximum Gasteiger partial charge on any atom is 0.0635 e.